The van der Waals surface area contributed by atoms with Crippen LogP contribution in [0.2, 0.25) is 0 Å². The summed E-state index contributed by atoms with van der Waals surface area (Å²) in [6, 6.07) is 21.4. The van der Waals surface area contributed by atoms with Crippen LogP contribution < -0.4 is 20.7 Å². The van der Waals surface area contributed by atoms with Gasteiger partial charge in [-0.2, -0.15) is 0 Å². The van der Waals surface area contributed by atoms with Crippen molar-refractivity contribution in [2.75, 3.05) is 28.8 Å². The minimum Gasteiger partial charge on any atom is -0.495 e. The lowest BCUT2D eigenvalue weighted by Crippen LogP contribution is -2.19. The van der Waals surface area contributed by atoms with Crippen LogP contribution in [0.3, 0.4) is 0 Å². The molecule has 3 aromatic carbocycles. The van der Waals surface area contributed by atoms with Gasteiger partial charge < -0.3 is 20.7 Å². The van der Waals surface area contributed by atoms with Crippen molar-refractivity contribution in [1.82, 2.24) is 0 Å². The number of carbonyl (C=O) groups is 1. The lowest BCUT2D eigenvalue weighted by molar-refractivity contribution is -0.113. The molecule has 1 amide bonds. The Balaban J connectivity index is 1.55. The number of ether oxygens (including phenoxy) is 1. The molecule has 0 saturated carbocycles. The third-order valence-corrected chi connectivity index (χ3v) is 5.52. The number of para-hydroxylation sites is 2. The molecule has 0 unspecified atom stereocenters. The Morgan fingerprint density at radius 2 is 1.65 bits per heavy atom. The zero-order valence-electron chi connectivity index (χ0n) is 17.7. The quantitative estimate of drug-likeness (QED) is 0.309. The zero-order chi connectivity index (χ0) is 22.2. The molecule has 3 N–H and O–H groups in total. The molecule has 0 bridgehead atoms. The van der Waals surface area contributed by atoms with Crippen LogP contribution >= 0.6 is 24.0 Å². The molecule has 5 nitrogen and oxygen atoms in total. The number of amides is 1. The van der Waals surface area contributed by atoms with Crippen molar-refractivity contribution in [3.63, 3.8) is 0 Å². The first-order valence-corrected chi connectivity index (χ1v) is 11.1. The van der Waals surface area contributed by atoms with E-state index in [9.17, 15) is 4.79 Å². The number of anilines is 3. The molecule has 0 aromatic heterocycles. The number of hydrogen-bond acceptors (Lipinski definition) is 4. The second-order valence-electron chi connectivity index (χ2n) is 7.02. The largest absolute Gasteiger partial charge is 0.495 e. The third-order valence-electron chi connectivity index (χ3n) is 4.32. The smallest absolute Gasteiger partial charge is 0.234 e. The fraction of sp³-hybridized carbons (Fsp3) is 0.167. The fourth-order valence-corrected chi connectivity index (χ4v) is 4.07. The molecule has 0 atom stereocenters. The maximum atomic E-state index is 12.3. The highest BCUT2D eigenvalue weighted by atomic mass is 32.2. The Hall–Kier alpha value is -3.03. The summed E-state index contributed by atoms with van der Waals surface area (Å²) in [7, 11) is 1.62. The highest BCUT2D eigenvalue weighted by molar-refractivity contribution is 8.00. The summed E-state index contributed by atoms with van der Waals surface area (Å²) in [6.07, 6.45) is 0. The SMILES string of the molecule is COc1ccccc1NC(=S)Nc1cccc(SCC(=O)Nc2cc(C)cc(C)c2)c1. The van der Waals surface area contributed by atoms with Crippen molar-refractivity contribution >= 4 is 52.1 Å². The fourth-order valence-electron chi connectivity index (χ4n) is 3.09. The van der Waals surface area contributed by atoms with Gasteiger partial charge >= 0.3 is 0 Å². The number of hydrogen-bond donors (Lipinski definition) is 3. The molecular weight excluding hydrogens is 426 g/mol. The number of thioether (sulfide) groups is 1. The van der Waals surface area contributed by atoms with Crippen LogP contribution in [0.4, 0.5) is 17.1 Å². The molecule has 160 valence electrons. The van der Waals surface area contributed by atoms with Crippen LogP contribution in [0.15, 0.2) is 71.6 Å². The van der Waals surface area contributed by atoms with Crippen molar-refractivity contribution < 1.29 is 9.53 Å². The van der Waals surface area contributed by atoms with Crippen molar-refractivity contribution in [3.05, 3.63) is 77.9 Å². The minimum absolute atomic E-state index is 0.0401. The van der Waals surface area contributed by atoms with E-state index in [0.29, 0.717) is 16.6 Å². The zero-order valence-corrected chi connectivity index (χ0v) is 19.3. The van der Waals surface area contributed by atoms with E-state index in [1.54, 1.807) is 7.11 Å². The van der Waals surface area contributed by atoms with E-state index >= 15 is 0 Å². The van der Waals surface area contributed by atoms with Gasteiger partial charge in [-0.15, -0.1) is 11.8 Å². The van der Waals surface area contributed by atoms with E-state index in [1.807, 2.05) is 74.5 Å². The molecule has 3 aromatic rings. The number of carbonyl (C=O) groups excluding carboxylic acids is 1. The summed E-state index contributed by atoms with van der Waals surface area (Å²) in [5.74, 6) is 0.993. The number of rotatable bonds is 7. The number of methoxy groups -OCH3 is 1. The second-order valence-corrected chi connectivity index (χ2v) is 8.48. The van der Waals surface area contributed by atoms with Gasteiger partial charge in [0.25, 0.3) is 0 Å². The van der Waals surface area contributed by atoms with Gasteiger partial charge in [0.1, 0.15) is 5.75 Å². The summed E-state index contributed by atoms with van der Waals surface area (Å²) >= 11 is 6.89. The predicted octanol–water partition coefficient (Wildman–Crippen LogP) is 5.85. The third kappa shape index (κ3) is 7.01. The predicted molar refractivity (Wildman–Crippen MR) is 135 cm³/mol. The van der Waals surface area contributed by atoms with Crippen molar-refractivity contribution in [1.29, 1.82) is 0 Å². The first-order valence-electron chi connectivity index (χ1n) is 9.75. The van der Waals surface area contributed by atoms with Crippen molar-refractivity contribution in [2.24, 2.45) is 0 Å². The Kier molecular flexibility index (Phi) is 7.92. The molecule has 0 aliphatic heterocycles. The van der Waals surface area contributed by atoms with Crippen LogP contribution in [0, 0.1) is 13.8 Å². The highest BCUT2D eigenvalue weighted by Crippen LogP contribution is 2.25. The summed E-state index contributed by atoms with van der Waals surface area (Å²) in [5, 5.41) is 9.73. The molecule has 0 aliphatic carbocycles. The van der Waals surface area contributed by atoms with Crippen LogP contribution in [-0.4, -0.2) is 23.9 Å². The first-order chi connectivity index (χ1) is 14.9. The van der Waals surface area contributed by atoms with Gasteiger partial charge in [0.05, 0.1) is 18.6 Å². The summed E-state index contributed by atoms with van der Waals surface area (Å²) in [4.78, 5) is 13.3. The molecule has 0 aliphatic rings. The van der Waals surface area contributed by atoms with Gasteiger partial charge in [0.15, 0.2) is 5.11 Å². The molecule has 0 fully saturated rings. The number of thiocarbonyl (C=S) groups is 1. The highest BCUT2D eigenvalue weighted by Gasteiger charge is 2.07. The Morgan fingerprint density at radius 3 is 2.39 bits per heavy atom. The van der Waals surface area contributed by atoms with Gasteiger partial charge in [-0.25, -0.2) is 0 Å². The monoisotopic (exact) mass is 451 g/mol. The van der Waals surface area contributed by atoms with Crippen LogP contribution in [-0.2, 0) is 4.79 Å². The Labute approximate surface area is 192 Å². The Bertz CT molecular complexity index is 1070. The molecule has 0 heterocycles. The normalized spacial score (nSPS) is 10.3. The van der Waals surface area contributed by atoms with E-state index in [-0.39, 0.29) is 5.91 Å². The standard InChI is InChI=1S/C24H25N3O2S2/c1-16-11-17(2)13-19(12-16)25-23(28)15-31-20-8-6-7-18(14-20)26-24(30)27-21-9-4-5-10-22(21)29-3/h4-14H,15H2,1-3H3,(H,25,28)(H2,26,27,30). The molecule has 0 radical (unpaired) electrons. The molecule has 7 heteroatoms. The second kappa shape index (κ2) is 10.8. The summed E-state index contributed by atoms with van der Waals surface area (Å²) in [5.41, 5.74) is 4.70. The molecular formula is C24H25N3O2S2. The lowest BCUT2D eigenvalue weighted by atomic mass is 10.1. The van der Waals surface area contributed by atoms with Gasteiger partial charge in [0, 0.05) is 16.3 Å². The number of benzene rings is 3. The van der Waals surface area contributed by atoms with E-state index in [4.69, 9.17) is 17.0 Å². The van der Waals surface area contributed by atoms with Gasteiger partial charge in [-0.3, -0.25) is 4.79 Å². The van der Waals surface area contributed by atoms with E-state index in [1.165, 1.54) is 11.8 Å². The van der Waals surface area contributed by atoms with Crippen LogP contribution in [0.5, 0.6) is 5.75 Å². The van der Waals surface area contributed by atoms with Crippen LogP contribution in [0.1, 0.15) is 11.1 Å². The van der Waals surface area contributed by atoms with E-state index in [2.05, 4.69) is 22.0 Å². The molecule has 0 saturated heterocycles. The molecule has 3 rings (SSSR count). The lowest BCUT2D eigenvalue weighted by Gasteiger charge is -2.14. The number of aryl methyl sites for hydroxylation is 2. The van der Waals surface area contributed by atoms with Gasteiger partial charge in [-0.1, -0.05) is 24.3 Å². The molecule has 31 heavy (non-hydrogen) atoms. The number of nitrogens with one attached hydrogen (secondary N) is 3. The van der Waals surface area contributed by atoms with Crippen LogP contribution in [0.25, 0.3) is 0 Å². The summed E-state index contributed by atoms with van der Waals surface area (Å²) in [6.45, 7) is 4.03. The van der Waals surface area contributed by atoms with E-state index < -0.39 is 0 Å². The average molecular weight is 452 g/mol. The minimum atomic E-state index is -0.0401. The maximum absolute atomic E-state index is 12.3. The maximum Gasteiger partial charge on any atom is 0.234 e. The van der Waals surface area contributed by atoms with Crippen molar-refractivity contribution in [2.45, 2.75) is 18.7 Å². The Morgan fingerprint density at radius 1 is 0.903 bits per heavy atom. The first kappa shape index (κ1) is 22.7. The molecule has 0 spiro atoms. The van der Waals surface area contributed by atoms with E-state index in [0.717, 1.165) is 33.1 Å². The topological polar surface area (TPSA) is 62.4 Å². The van der Waals surface area contributed by atoms with Gasteiger partial charge in [-0.05, 0) is 79.7 Å². The van der Waals surface area contributed by atoms with Gasteiger partial charge in [0.2, 0.25) is 5.91 Å². The average Bonchev–Trinajstić information content (AvgIpc) is 2.72. The summed E-state index contributed by atoms with van der Waals surface area (Å²) < 4.78 is 5.33. The van der Waals surface area contributed by atoms with Crippen molar-refractivity contribution in [3.8, 4) is 5.75 Å².